The van der Waals surface area contributed by atoms with Crippen LogP contribution >= 0.6 is 0 Å². The third-order valence-corrected chi connectivity index (χ3v) is 6.26. The number of hydrogen-bond donors (Lipinski definition) is 1. The number of nitrogens with zero attached hydrogens (tertiary/aromatic N) is 5. The predicted octanol–water partition coefficient (Wildman–Crippen LogP) is 4.44. The summed E-state index contributed by atoms with van der Waals surface area (Å²) >= 11 is 0. The lowest BCUT2D eigenvalue weighted by atomic mass is 10.0. The van der Waals surface area contributed by atoms with E-state index in [0.29, 0.717) is 0 Å². The fraction of sp³-hybridized carbons (Fsp3) is 0.200. The fourth-order valence-electron chi connectivity index (χ4n) is 4.43. The quantitative estimate of drug-likeness (QED) is 0.464. The number of aromatic nitrogens is 4. The third kappa shape index (κ3) is 3.22. The maximum Gasteiger partial charge on any atom is 0.162 e. The van der Waals surface area contributed by atoms with Gasteiger partial charge in [0.1, 0.15) is 11.6 Å². The van der Waals surface area contributed by atoms with E-state index in [1.807, 2.05) is 16.9 Å². The fourth-order valence-corrected chi connectivity index (χ4v) is 4.43. The Morgan fingerprint density at radius 1 is 0.938 bits per heavy atom. The van der Waals surface area contributed by atoms with Crippen molar-refractivity contribution < 1.29 is 4.39 Å². The number of hydrogen-bond acceptors (Lipinski definition) is 4. The van der Waals surface area contributed by atoms with Crippen LogP contribution in [0, 0.1) is 5.82 Å². The van der Waals surface area contributed by atoms with Gasteiger partial charge in [0.2, 0.25) is 0 Å². The summed E-state index contributed by atoms with van der Waals surface area (Å²) in [5, 5.41) is 6.07. The average Bonchev–Trinajstić information content (AvgIpc) is 3.46. The Hall–Kier alpha value is -3.71. The molecule has 5 aromatic rings. The lowest BCUT2D eigenvalue weighted by molar-refractivity contribution is 0.311. The van der Waals surface area contributed by atoms with E-state index in [4.69, 9.17) is 10.1 Å². The van der Waals surface area contributed by atoms with Gasteiger partial charge in [0.05, 0.1) is 11.9 Å². The maximum atomic E-state index is 13.4. The van der Waals surface area contributed by atoms with Crippen LogP contribution in [-0.2, 0) is 0 Å². The minimum atomic E-state index is -0.257. The molecule has 1 aliphatic heterocycles. The summed E-state index contributed by atoms with van der Waals surface area (Å²) < 4.78 is 15.3. The Labute approximate surface area is 184 Å². The number of piperazine rings is 1. The van der Waals surface area contributed by atoms with Gasteiger partial charge in [0.25, 0.3) is 0 Å². The molecule has 0 aliphatic carbocycles. The lowest BCUT2D eigenvalue weighted by Gasteiger charge is -2.33. The molecule has 7 heteroatoms. The zero-order chi connectivity index (χ0) is 21.7. The molecular formula is C25H23FN6. The van der Waals surface area contributed by atoms with Crippen molar-refractivity contribution in [2.45, 2.75) is 0 Å². The van der Waals surface area contributed by atoms with E-state index in [-0.39, 0.29) is 5.82 Å². The summed E-state index contributed by atoms with van der Waals surface area (Å²) in [6, 6.07) is 17.0. The number of fused-ring (bicyclic) bond motifs is 2. The van der Waals surface area contributed by atoms with Crippen LogP contribution in [-0.4, -0.2) is 57.7 Å². The number of H-pyrrole nitrogens is 1. The molecule has 0 saturated carbocycles. The minimum absolute atomic E-state index is 0.257. The molecule has 0 atom stereocenters. The van der Waals surface area contributed by atoms with Gasteiger partial charge in [0, 0.05) is 54.4 Å². The van der Waals surface area contributed by atoms with E-state index in [0.717, 1.165) is 70.9 Å². The molecule has 2 aromatic carbocycles. The Morgan fingerprint density at radius 2 is 1.75 bits per heavy atom. The number of imidazole rings is 1. The van der Waals surface area contributed by atoms with Gasteiger partial charge in [-0.1, -0.05) is 12.1 Å². The number of anilines is 1. The summed E-state index contributed by atoms with van der Waals surface area (Å²) in [6.45, 7) is 3.88. The standard InChI is InChI=1S/C25H23FN6/c1-30-11-13-31(14-12-30)24-15-21(19-3-2-4-22-20(19)9-10-27-22)25-28-23(16-32(25)29-24)17-5-7-18(26)8-6-17/h2-10,15-16,27H,11-14H2,1H3. The number of benzene rings is 2. The summed E-state index contributed by atoms with van der Waals surface area (Å²) in [5.74, 6) is 0.684. The van der Waals surface area contributed by atoms with E-state index in [2.05, 4.69) is 52.2 Å². The maximum absolute atomic E-state index is 13.4. The van der Waals surface area contributed by atoms with Crippen LogP contribution < -0.4 is 4.90 Å². The van der Waals surface area contributed by atoms with Gasteiger partial charge in [-0.2, -0.15) is 0 Å². The van der Waals surface area contributed by atoms with E-state index in [1.54, 1.807) is 12.1 Å². The Kier molecular flexibility index (Phi) is 4.43. The molecule has 0 bridgehead atoms. The van der Waals surface area contributed by atoms with Gasteiger partial charge in [0.15, 0.2) is 5.65 Å². The minimum Gasteiger partial charge on any atom is -0.361 e. The molecule has 0 spiro atoms. The third-order valence-electron chi connectivity index (χ3n) is 6.26. The van der Waals surface area contributed by atoms with Crippen LogP contribution in [0.25, 0.3) is 38.9 Å². The van der Waals surface area contributed by atoms with Crippen LogP contribution in [0.3, 0.4) is 0 Å². The molecule has 3 aromatic heterocycles. The van der Waals surface area contributed by atoms with E-state index >= 15 is 0 Å². The summed E-state index contributed by atoms with van der Waals surface area (Å²) in [7, 11) is 2.15. The van der Waals surface area contributed by atoms with Gasteiger partial charge in [-0.05, 0) is 55.1 Å². The Balaban J connectivity index is 1.56. The Bertz CT molecular complexity index is 1410. The van der Waals surface area contributed by atoms with Crippen molar-refractivity contribution in [2.24, 2.45) is 0 Å². The highest BCUT2D eigenvalue weighted by Crippen LogP contribution is 2.34. The predicted molar refractivity (Wildman–Crippen MR) is 125 cm³/mol. The average molecular weight is 426 g/mol. The van der Waals surface area contributed by atoms with E-state index < -0.39 is 0 Å². The second kappa shape index (κ2) is 7.46. The van der Waals surface area contributed by atoms with E-state index in [1.165, 1.54) is 12.1 Å². The number of halogens is 1. The summed E-state index contributed by atoms with van der Waals surface area (Å²) in [6.07, 6.45) is 3.90. The van der Waals surface area contributed by atoms with Gasteiger partial charge < -0.3 is 14.8 Å². The first-order valence-electron chi connectivity index (χ1n) is 10.8. The number of likely N-dealkylation sites (N-methyl/N-ethyl adjacent to an activating group) is 1. The highest BCUT2D eigenvalue weighted by molar-refractivity contribution is 5.99. The van der Waals surface area contributed by atoms with Crippen LogP contribution in [0.5, 0.6) is 0 Å². The zero-order valence-corrected chi connectivity index (χ0v) is 17.8. The molecule has 4 heterocycles. The molecule has 6 nitrogen and oxygen atoms in total. The second-order valence-corrected chi connectivity index (χ2v) is 8.35. The molecule has 0 radical (unpaired) electrons. The normalized spacial score (nSPS) is 15.1. The largest absolute Gasteiger partial charge is 0.361 e. The molecule has 1 N–H and O–H groups in total. The topological polar surface area (TPSA) is 52.5 Å². The van der Waals surface area contributed by atoms with Crippen LogP contribution in [0.15, 0.2) is 67.0 Å². The van der Waals surface area contributed by atoms with Crippen molar-refractivity contribution in [1.29, 1.82) is 0 Å². The van der Waals surface area contributed by atoms with Gasteiger partial charge in [-0.15, -0.1) is 5.10 Å². The SMILES string of the molecule is CN1CCN(c2cc(-c3cccc4[nH]ccc34)c3nc(-c4ccc(F)cc4)cn3n2)CC1. The molecule has 0 amide bonds. The van der Waals surface area contributed by atoms with Crippen molar-refractivity contribution in [3.63, 3.8) is 0 Å². The molecule has 6 rings (SSSR count). The number of aromatic amines is 1. The molecule has 1 fully saturated rings. The monoisotopic (exact) mass is 426 g/mol. The van der Waals surface area contributed by atoms with E-state index in [9.17, 15) is 4.39 Å². The number of nitrogens with one attached hydrogen (secondary N) is 1. The zero-order valence-electron chi connectivity index (χ0n) is 17.8. The van der Waals surface area contributed by atoms with Crippen molar-refractivity contribution in [2.75, 3.05) is 38.1 Å². The van der Waals surface area contributed by atoms with Crippen molar-refractivity contribution >= 4 is 22.4 Å². The number of rotatable bonds is 3. The van der Waals surface area contributed by atoms with Gasteiger partial charge in [-0.25, -0.2) is 13.9 Å². The highest BCUT2D eigenvalue weighted by Gasteiger charge is 2.20. The molecule has 0 unspecified atom stereocenters. The summed E-state index contributed by atoms with van der Waals surface area (Å²) in [5.41, 5.74) is 5.66. The first-order valence-corrected chi connectivity index (χ1v) is 10.8. The molecule has 1 aliphatic rings. The Morgan fingerprint density at radius 3 is 2.56 bits per heavy atom. The molecule has 160 valence electrons. The molecule has 1 saturated heterocycles. The van der Waals surface area contributed by atoms with Crippen molar-refractivity contribution in [3.8, 4) is 22.4 Å². The first kappa shape index (κ1) is 19.0. The first-order chi connectivity index (χ1) is 15.7. The van der Waals surface area contributed by atoms with Crippen LogP contribution in [0.4, 0.5) is 10.2 Å². The second-order valence-electron chi connectivity index (χ2n) is 8.35. The van der Waals surface area contributed by atoms with Crippen LogP contribution in [0.2, 0.25) is 0 Å². The smallest absolute Gasteiger partial charge is 0.162 e. The van der Waals surface area contributed by atoms with Gasteiger partial charge >= 0.3 is 0 Å². The van der Waals surface area contributed by atoms with Crippen molar-refractivity contribution in [3.05, 3.63) is 72.8 Å². The summed E-state index contributed by atoms with van der Waals surface area (Å²) in [4.78, 5) is 12.9. The highest BCUT2D eigenvalue weighted by atomic mass is 19.1. The van der Waals surface area contributed by atoms with Crippen molar-refractivity contribution in [1.82, 2.24) is 24.5 Å². The van der Waals surface area contributed by atoms with Crippen LogP contribution in [0.1, 0.15) is 0 Å². The lowest BCUT2D eigenvalue weighted by Crippen LogP contribution is -2.45. The van der Waals surface area contributed by atoms with Gasteiger partial charge in [-0.3, -0.25) is 0 Å². The molecule has 32 heavy (non-hydrogen) atoms. The molecular weight excluding hydrogens is 403 g/mol.